The fourth-order valence-corrected chi connectivity index (χ4v) is 6.81. The summed E-state index contributed by atoms with van der Waals surface area (Å²) in [6.45, 7) is 4.44. The Hall–Kier alpha value is -3.75. The molecule has 0 radical (unpaired) electrons. The lowest BCUT2D eigenvalue weighted by molar-refractivity contribution is -0.0000110. The van der Waals surface area contributed by atoms with Crippen molar-refractivity contribution in [3.8, 4) is 0 Å². The van der Waals surface area contributed by atoms with Gasteiger partial charge in [-0.05, 0) is 59.4 Å². The number of halogens is 2. The topological polar surface area (TPSA) is 40.5 Å². The van der Waals surface area contributed by atoms with Gasteiger partial charge in [-0.3, -0.25) is 0 Å². The second kappa shape index (κ2) is 23.6. The molecule has 0 saturated carbocycles. The summed E-state index contributed by atoms with van der Waals surface area (Å²) in [5.41, 5.74) is 5.63. The molecule has 5 heteroatoms. The number of hydrogen-bond donors (Lipinski definition) is 2. The lowest BCUT2D eigenvalue weighted by Gasteiger charge is -2.18. The fourth-order valence-electron chi connectivity index (χ4n) is 4.33. The second-order valence-electron chi connectivity index (χ2n) is 10.4. The van der Waals surface area contributed by atoms with Crippen molar-refractivity contribution < 1.29 is 22.6 Å². The largest absolute Gasteiger partial charge is 1.00 e. The van der Waals surface area contributed by atoms with Gasteiger partial charge >= 0.3 is 0 Å². The molecule has 0 saturated heterocycles. The van der Waals surface area contributed by atoms with E-state index in [0.29, 0.717) is 5.88 Å². The van der Waals surface area contributed by atoms with Crippen molar-refractivity contribution in [1.82, 2.24) is 0 Å². The minimum atomic E-state index is -0.446. The predicted molar refractivity (Wildman–Crippen MR) is 200 cm³/mol. The van der Waals surface area contributed by atoms with Gasteiger partial charge in [0.25, 0.3) is 0 Å². The zero-order valence-electron chi connectivity index (χ0n) is 27.1. The van der Waals surface area contributed by atoms with Gasteiger partial charge in [-0.25, -0.2) is 0 Å². The van der Waals surface area contributed by atoms with Crippen LogP contribution in [0.1, 0.15) is 34.7 Å². The Balaban J connectivity index is 0.000000234. The van der Waals surface area contributed by atoms with Crippen LogP contribution in [0.2, 0.25) is 0 Å². The molecule has 0 amide bonds. The van der Waals surface area contributed by atoms with Gasteiger partial charge in [-0.1, -0.05) is 182 Å². The molecule has 2 N–H and O–H groups in total. The average molecular weight is 683 g/mol. The molecule has 6 aromatic carbocycles. The molecule has 0 atom stereocenters. The van der Waals surface area contributed by atoms with Gasteiger partial charge in [-0.2, -0.15) is 0 Å². The third kappa shape index (κ3) is 14.7. The molecule has 2 nitrogen and oxygen atoms in total. The maximum atomic E-state index is 8.70. The first-order valence-electron chi connectivity index (χ1n) is 15.5. The number of benzene rings is 6. The number of rotatable bonds is 7. The average Bonchev–Trinajstić information content (AvgIpc) is 3.14. The molecule has 6 aromatic rings. The molecular formula is C42H44Cl2O2P-. The predicted octanol–water partition coefficient (Wildman–Crippen LogP) is 6.10. The molecule has 0 aromatic heterocycles. The zero-order chi connectivity index (χ0) is 32.8. The first-order valence-corrected chi connectivity index (χ1v) is 17.4. The number of aliphatic hydroxyl groups excluding tert-OH is 2. The Morgan fingerprint density at radius 2 is 0.745 bits per heavy atom. The molecule has 0 aliphatic rings. The molecular weight excluding hydrogens is 638 g/mol. The molecule has 0 heterocycles. The van der Waals surface area contributed by atoms with Crippen LogP contribution >= 0.6 is 19.5 Å². The number of aryl methyl sites for hydroxylation is 2. The minimum Gasteiger partial charge on any atom is -1.00 e. The van der Waals surface area contributed by atoms with E-state index in [4.69, 9.17) is 21.8 Å². The summed E-state index contributed by atoms with van der Waals surface area (Å²) >= 11 is 5.56. The Kier molecular flexibility index (Phi) is 19.8. The van der Waals surface area contributed by atoms with Crippen LogP contribution < -0.4 is 28.3 Å². The smallest absolute Gasteiger partial charge is 0.0681 e. The van der Waals surface area contributed by atoms with E-state index in [0.717, 1.165) is 23.1 Å². The van der Waals surface area contributed by atoms with Crippen molar-refractivity contribution in [2.24, 2.45) is 0 Å². The van der Waals surface area contributed by atoms with Crippen molar-refractivity contribution >= 4 is 35.4 Å². The van der Waals surface area contributed by atoms with Gasteiger partial charge < -0.3 is 22.6 Å². The summed E-state index contributed by atoms with van der Waals surface area (Å²) in [5.74, 6) is 0.533. The quantitative estimate of drug-likeness (QED) is 0.158. The van der Waals surface area contributed by atoms with Gasteiger partial charge in [0, 0.05) is 5.88 Å². The lowest BCUT2D eigenvalue weighted by Crippen LogP contribution is -3.00. The normalized spacial score (nSPS) is 9.74. The van der Waals surface area contributed by atoms with Crippen LogP contribution in [0.3, 0.4) is 0 Å². The van der Waals surface area contributed by atoms with Crippen LogP contribution in [0.25, 0.3) is 0 Å². The van der Waals surface area contributed by atoms with Gasteiger partial charge in [0.05, 0.1) is 13.2 Å². The minimum absolute atomic E-state index is 0. The van der Waals surface area contributed by atoms with E-state index in [1.54, 1.807) is 0 Å². The molecule has 47 heavy (non-hydrogen) atoms. The molecule has 0 aliphatic carbocycles. The van der Waals surface area contributed by atoms with Crippen LogP contribution in [-0.4, -0.2) is 10.2 Å². The lowest BCUT2D eigenvalue weighted by atomic mass is 10.1. The summed E-state index contributed by atoms with van der Waals surface area (Å²) in [5, 5.41) is 21.6. The summed E-state index contributed by atoms with van der Waals surface area (Å²) < 4.78 is 0. The third-order valence-electron chi connectivity index (χ3n) is 6.96. The number of alkyl halides is 1. The third-order valence-corrected chi connectivity index (χ3v) is 9.71. The SMILES string of the molecule is CCc1ccc(CO)cc1.Cc1ccccc1.OCc1ccc(CCl)cc1.[Cl-].c1ccc(P(c2ccccc2)c2ccccc2)cc1. The molecule has 0 fully saturated rings. The van der Waals surface area contributed by atoms with Crippen molar-refractivity contribution in [2.75, 3.05) is 0 Å². The molecule has 0 spiro atoms. The first kappa shape index (κ1) is 39.4. The van der Waals surface area contributed by atoms with E-state index in [1.165, 1.54) is 27.0 Å². The van der Waals surface area contributed by atoms with E-state index >= 15 is 0 Å². The molecule has 0 unspecified atom stereocenters. The van der Waals surface area contributed by atoms with Crippen LogP contribution in [0.15, 0.2) is 170 Å². The second-order valence-corrected chi connectivity index (χ2v) is 12.9. The highest BCUT2D eigenvalue weighted by atomic mass is 35.5. The van der Waals surface area contributed by atoms with E-state index in [-0.39, 0.29) is 25.6 Å². The highest BCUT2D eigenvalue weighted by Crippen LogP contribution is 2.32. The summed E-state index contributed by atoms with van der Waals surface area (Å²) in [6.07, 6.45) is 1.06. The first-order chi connectivity index (χ1) is 22.6. The van der Waals surface area contributed by atoms with Crippen molar-refractivity contribution in [2.45, 2.75) is 39.4 Å². The Labute approximate surface area is 293 Å². The van der Waals surface area contributed by atoms with Gasteiger partial charge in [-0.15, -0.1) is 11.6 Å². The van der Waals surface area contributed by atoms with Crippen LogP contribution in [0.4, 0.5) is 0 Å². The van der Waals surface area contributed by atoms with Gasteiger partial charge in [0.15, 0.2) is 0 Å². The van der Waals surface area contributed by atoms with Crippen LogP contribution in [0.5, 0.6) is 0 Å². The maximum absolute atomic E-state index is 8.70. The zero-order valence-corrected chi connectivity index (χ0v) is 29.5. The highest BCUT2D eigenvalue weighted by Gasteiger charge is 2.15. The summed E-state index contributed by atoms with van der Waals surface area (Å²) in [4.78, 5) is 0. The Morgan fingerprint density at radius 3 is 1.00 bits per heavy atom. The molecule has 6 rings (SSSR count). The van der Waals surface area contributed by atoms with Gasteiger partial charge in [0.1, 0.15) is 0 Å². The van der Waals surface area contributed by atoms with Crippen molar-refractivity contribution in [3.63, 3.8) is 0 Å². The van der Waals surface area contributed by atoms with Crippen LogP contribution in [-0.2, 0) is 25.5 Å². The van der Waals surface area contributed by atoms with Crippen molar-refractivity contribution in [3.05, 3.63) is 198 Å². The van der Waals surface area contributed by atoms with Crippen molar-refractivity contribution in [1.29, 1.82) is 0 Å². The maximum Gasteiger partial charge on any atom is 0.0681 e. The Morgan fingerprint density at radius 1 is 0.447 bits per heavy atom. The van der Waals surface area contributed by atoms with E-state index in [2.05, 4.69) is 117 Å². The standard InChI is InChI=1S/C18H15P.C9H12O.C8H9ClO.C7H8.ClH/c1-4-10-16(11-5-1)19(17-12-6-2-7-13-17)18-14-8-3-9-15-18;1-2-8-3-5-9(7-10)6-4-8;9-5-7-1-3-8(6-10)4-2-7;1-7-5-3-2-4-6-7;/h1-15H;3-6,10H,2,7H2,1H3;1-4,10H,5-6H2;2-6H,1H3;1H/p-1. The number of aliphatic hydroxyl groups is 2. The number of hydrogen-bond acceptors (Lipinski definition) is 2. The van der Waals surface area contributed by atoms with Crippen LogP contribution in [0, 0.1) is 6.92 Å². The van der Waals surface area contributed by atoms with E-state index in [1.807, 2.05) is 66.7 Å². The molecule has 244 valence electrons. The fraction of sp³-hybridized carbons (Fsp3) is 0.143. The highest BCUT2D eigenvalue weighted by molar-refractivity contribution is 7.79. The van der Waals surface area contributed by atoms with E-state index in [9.17, 15) is 0 Å². The summed E-state index contributed by atoms with van der Waals surface area (Å²) in [6, 6.07) is 58.2. The summed E-state index contributed by atoms with van der Waals surface area (Å²) in [7, 11) is -0.446. The van der Waals surface area contributed by atoms with Gasteiger partial charge in [0.2, 0.25) is 0 Å². The molecule has 0 bridgehead atoms. The van der Waals surface area contributed by atoms with E-state index < -0.39 is 7.92 Å². The molecule has 0 aliphatic heterocycles. The monoisotopic (exact) mass is 681 g/mol. The Bertz CT molecular complexity index is 1410.